The highest BCUT2D eigenvalue weighted by Gasteiger charge is 2.21. The topological polar surface area (TPSA) is 46.5 Å². The molecule has 0 amide bonds. The molecule has 0 aromatic heterocycles. The number of aryl methyl sites for hydroxylation is 1. The lowest BCUT2D eigenvalue weighted by Gasteiger charge is -2.19. The molecule has 0 bridgehead atoms. The molecule has 6 aromatic carbocycles. The third-order valence-electron chi connectivity index (χ3n) is 7.32. The third kappa shape index (κ3) is 4.87. The van der Waals surface area contributed by atoms with Gasteiger partial charge in [0.15, 0.2) is 0 Å². The molecule has 0 saturated carbocycles. The highest BCUT2D eigenvalue weighted by atomic mass is 16.5. The summed E-state index contributed by atoms with van der Waals surface area (Å²) in [5.41, 5.74) is 5.12. The van der Waals surface area contributed by atoms with Crippen LogP contribution in [0.3, 0.4) is 0 Å². The number of carbonyl (C=O) groups is 1. The van der Waals surface area contributed by atoms with E-state index in [9.17, 15) is 9.90 Å². The fourth-order valence-electron chi connectivity index (χ4n) is 5.40. The molecule has 39 heavy (non-hydrogen) atoms. The molecule has 0 fully saturated rings. The molecule has 0 radical (unpaired) electrons. The van der Waals surface area contributed by atoms with Gasteiger partial charge in [0.25, 0.3) is 0 Å². The quantitative estimate of drug-likeness (QED) is 0.181. The van der Waals surface area contributed by atoms with Crippen molar-refractivity contribution in [1.29, 1.82) is 0 Å². The first kappa shape index (κ1) is 24.4. The van der Waals surface area contributed by atoms with E-state index >= 15 is 0 Å². The van der Waals surface area contributed by atoms with E-state index in [2.05, 4.69) is 43.3 Å². The average Bonchev–Trinajstić information content (AvgIpc) is 2.97. The molecule has 3 heteroatoms. The van der Waals surface area contributed by atoms with Crippen molar-refractivity contribution in [2.45, 2.75) is 19.3 Å². The lowest BCUT2D eigenvalue weighted by atomic mass is 9.88. The molecule has 0 aliphatic heterocycles. The van der Waals surface area contributed by atoms with Crippen LogP contribution in [0.15, 0.2) is 127 Å². The van der Waals surface area contributed by atoms with Crippen LogP contribution in [0.1, 0.15) is 29.0 Å². The van der Waals surface area contributed by atoms with Crippen molar-refractivity contribution in [3.05, 3.63) is 144 Å². The zero-order valence-electron chi connectivity index (χ0n) is 21.7. The van der Waals surface area contributed by atoms with E-state index in [1.165, 1.54) is 5.56 Å². The number of phenolic OH excluding ortho intramolecular Hbond substituents is 1. The Bertz CT molecular complexity index is 1780. The van der Waals surface area contributed by atoms with Gasteiger partial charge in [-0.15, -0.1) is 0 Å². The molecule has 0 aliphatic carbocycles. The molecular weight excluding hydrogens is 480 g/mol. The fraction of sp³-hybridized carbons (Fsp3) is 0.0833. The molecule has 1 atom stereocenters. The number of hydrogen-bond acceptors (Lipinski definition) is 3. The highest BCUT2D eigenvalue weighted by molar-refractivity contribution is 6.09. The number of phenols is 1. The summed E-state index contributed by atoms with van der Waals surface area (Å²) in [6.45, 7) is 2.06. The summed E-state index contributed by atoms with van der Waals surface area (Å²) in [5.74, 6) is 0.311. The number of benzene rings is 6. The van der Waals surface area contributed by atoms with Crippen LogP contribution in [-0.2, 0) is 4.79 Å². The smallest absolute Gasteiger partial charge is 0.312 e. The van der Waals surface area contributed by atoms with Crippen LogP contribution in [0.5, 0.6) is 11.5 Å². The van der Waals surface area contributed by atoms with Crippen LogP contribution in [-0.4, -0.2) is 11.1 Å². The molecule has 190 valence electrons. The second kappa shape index (κ2) is 10.5. The molecule has 0 unspecified atom stereocenters. The van der Waals surface area contributed by atoms with Gasteiger partial charge in [-0.2, -0.15) is 0 Å². The average molecular weight is 509 g/mol. The summed E-state index contributed by atoms with van der Waals surface area (Å²) >= 11 is 0. The first-order chi connectivity index (χ1) is 19.1. The van der Waals surface area contributed by atoms with E-state index in [4.69, 9.17) is 4.74 Å². The third-order valence-corrected chi connectivity index (χ3v) is 7.32. The Kier molecular flexibility index (Phi) is 6.56. The van der Waals surface area contributed by atoms with Gasteiger partial charge in [-0.05, 0) is 52.1 Å². The van der Waals surface area contributed by atoms with Gasteiger partial charge in [-0.3, -0.25) is 4.79 Å². The maximum atomic E-state index is 13.5. The predicted molar refractivity (Wildman–Crippen MR) is 158 cm³/mol. The number of hydrogen-bond donors (Lipinski definition) is 1. The molecule has 6 rings (SSSR count). The van der Waals surface area contributed by atoms with Crippen molar-refractivity contribution in [3.63, 3.8) is 0 Å². The van der Waals surface area contributed by atoms with Gasteiger partial charge >= 0.3 is 5.97 Å². The molecule has 3 nitrogen and oxygen atoms in total. The Balaban J connectivity index is 1.40. The lowest BCUT2D eigenvalue weighted by Crippen LogP contribution is -2.14. The van der Waals surface area contributed by atoms with Gasteiger partial charge in [0, 0.05) is 16.7 Å². The number of rotatable bonds is 6. The van der Waals surface area contributed by atoms with Crippen molar-refractivity contribution in [1.82, 2.24) is 0 Å². The first-order valence-electron chi connectivity index (χ1n) is 13.1. The van der Waals surface area contributed by atoms with Crippen LogP contribution in [0, 0.1) is 6.92 Å². The van der Waals surface area contributed by atoms with Crippen molar-refractivity contribution < 1.29 is 14.6 Å². The minimum Gasteiger partial charge on any atom is -0.507 e. The van der Waals surface area contributed by atoms with Crippen LogP contribution >= 0.6 is 0 Å². The molecule has 6 aromatic rings. The predicted octanol–water partition coefficient (Wildman–Crippen LogP) is 8.80. The Morgan fingerprint density at radius 1 is 0.641 bits per heavy atom. The largest absolute Gasteiger partial charge is 0.507 e. The summed E-state index contributed by atoms with van der Waals surface area (Å²) in [5, 5.41) is 14.3. The van der Waals surface area contributed by atoms with E-state index in [0.717, 1.165) is 43.8 Å². The van der Waals surface area contributed by atoms with Gasteiger partial charge in [0.2, 0.25) is 0 Å². The molecule has 1 N–H and O–H groups in total. The summed E-state index contributed by atoms with van der Waals surface area (Å²) in [7, 11) is 0. The Hall–Kier alpha value is -4.89. The van der Waals surface area contributed by atoms with Gasteiger partial charge < -0.3 is 9.84 Å². The molecule has 0 saturated heterocycles. The van der Waals surface area contributed by atoms with Crippen molar-refractivity contribution >= 4 is 27.5 Å². The zero-order valence-corrected chi connectivity index (χ0v) is 21.7. The molecular formula is C36H28O3. The number of carbonyl (C=O) groups excluding carboxylic acids is 1. The highest BCUT2D eigenvalue weighted by Crippen LogP contribution is 2.41. The zero-order chi connectivity index (χ0) is 26.8. The SMILES string of the molecule is Cc1ccc([C@H](CC(=O)Oc2cccc3cccc(-c4cccc5cccc(O)c45)c23)c2ccccc2)cc1. The molecule has 0 heterocycles. The van der Waals surface area contributed by atoms with E-state index in [1.807, 2.05) is 84.9 Å². The standard InChI is InChI=1S/C36H28O3/c1-24-19-21-26(22-20-24)31(25-9-3-2-4-10-25)23-34(38)39-33-18-8-14-28-12-6-16-30(36(28)33)29-15-5-11-27-13-7-17-32(37)35(27)29/h2-22,31,37H,23H2,1H3/t31-/m1/s1. The fourth-order valence-corrected chi connectivity index (χ4v) is 5.40. The summed E-state index contributed by atoms with van der Waals surface area (Å²) in [6.07, 6.45) is 0.209. The van der Waals surface area contributed by atoms with E-state index in [-0.39, 0.29) is 24.1 Å². The number of aromatic hydroxyl groups is 1. The van der Waals surface area contributed by atoms with E-state index in [1.54, 1.807) is 6.07 Å². The molecule has 0 spiro atoms. The van der Waals surface area contributed by atoms with Crippen LogP contribution in [0.2, 0.25) is 0 Å². The summed E-state index contributed by atoms with van der Waals surface area (Å²) in [6, 6.07) is 41.7. The van der Waals surface area contributed by atoms with Gasteiger partial charge in [-0.25, -0.2) is 0 Å². The molecule has 0 aliphatic rings. The monoisotopic (exact) mass is 508 g/mol. The van der Waals surface area contributed by atoms with Crippen molar-refractivity contribution in [2.24, 2.45) is 0 Å². The van der Waals surface area contributed by atoms with E-state index < -0.39 is 0 Å². The number of esters is 1. The van der Waals surface area contributed by atoms with Crippen LogP contribution < -0.4 is 4.74 Å². The van der Waals surface area contributed by atoms with Gasteiger partial charge in [-0.1, -0.05) is 121 Å². The van der Waals surface area contributed by atoms with Crippen LogP contribution in [0.4, 0.5) is 0 Å². The normalized spacial score (nSPS) is 11.9. The summed E-state index contributed by atoms with van der Waals surface area (Å²) in [4.78, 5) is 13.5. The Labute approximate surface area is 227 Å². The van der Waals surface area contributed by atoms with Crippen LogP contribution in [0.25, 0.3) is 32.7 Å². The van der Waals surface area contributed by atoms with Crippen molar-refractivity contribution in [3.8, 4) is 22.6 Å². The van der Waals surface area contributed by atoms with Crippen molar-refractivity contribution in [2.75, 3.05) is 0 Å². The summed E-state index contributed by atoms with van der Waals surface area (Å²) < 4.78 is 6.13. The number of fused-ring (bicyclic) bond motifs is 2. The van der Waals surface area contributed by atoms with Gasteiger partial charge in [0.05, 0.1) is 6.42 Å². The second-order valence-corrected chi connectivity index (χ2v) is 9.89. The Morgan fingerprint density at radius 2 is 1.21 bits per heavy atom. The second-order valence-electron chi connectivity index (χ2n) is 9.89. The maximum absolute atomic E-state index is 13.5. The minimum atomic E-state index is -0.299. The lowest BCUT2D eigenvalue weighted by molar-refractivity contribution is -0.134. The maximum Gasteiger partial charge on any atom is 0.312 e. The van der Waals surface area contributed by atoms with Gasteiger partial charge in [0.1, 0.15) is 11.5 Å². The van der Waals surface area contributed by atoms with E-state index in [0.29, 0.717) is 5.75 Å². The number of ether oxygens (including phenoxy) is 1. The Morgan fingerprint density at radius 3 is 1.90 bits per heavy atom. The minimum absolute atomic E-state index is 0.122. The first-order valence-corrected chi connectivity index (χ1v) is 13.1.